The van der Waals surface area contributed by atoms with Gasteiger partial charge in [0.15, 0.2) is 0 Å². The van der Waals surface area contributed by atoms with E-state index in [1.807, 2.05) is 18.2 Å². The zero-order valence-corrected chi connectivity index (χ0v) is 10.9. The molecule has 12 heavy (non-hydrogen) atoms. The summed E-state index contributed by atoms with van der Waals surface area (Å²) in [5, 5.41) is 9.31. The van der Waals surface area contributed by atoms with Gasteiger partial charge >= 0.3 is 51.4 Å². The molecule has 0 saturated carbocycles. The monoisotopic (exact) mass is 185 g/mol. The molecule has 0 aromatic rings. The second kappa shape index (κ2) is 6.98. The predicted molar refractivity (Wildman–Crippen MR) is 49.6 cm³/mol. The predicted octanol–water partition coefficient (Wildman–Crippen LogP) is -0.147. The van der Waals surface area contributed by atoms with Crippen LogP contribution in [-0.4, -0.2) is 5.71 Å². The number of hydrogen-bond donors (Lipinski definition) is 0. The fourth-order valence-electron chi connectivity index (χ4n) is 0.960. The van der Waals surface area contributed by atoms with Crippen molar-refractivity contribution in [1.29, 1.82) is 0 Å². The van der Waals surface area contributed by atoms with E-state index in [1.54, 1.807) is 6.08 Å². The number of unbranched alkanes of at least 4 members (excludes halogenated alkanes) is 1. The molecule has 0 aromatic carbocycles. The molecule has 1 rings (SSSR count). The van der Waals surface area contributed by atoms with Crippen molar-refractivity contribution in [3.8, 4) is 0 Å². The Balaban J connectivity index is 0.00000121. The fraction of sp³-hybridized carbons (Fsp3) is 0.300. The van der Waals surface area contributed by atoms with Crippen LogP contribution in [0.3, 0.4) is 0 Å². The second-order valence-corrected chi connectivity index (χ2v) is 2.55. The van der Waals surface area contributed by atoms with Crippen LogP contribution >= 0.6 is 0 Å². The molecule has 0 aromatic heterocycles. The summed E-state index contributed by atoms with van der Waals surface area (Å²) in [5.41, 5.74) is 1.32. The third kappa shape index (κ3) is 3.96. The standard InChI is InChI=1S/C10H12N.K/c1-2-3-6-9-7-4-5-8-10(9)11;/h4-8H,2-3H2,1H3;/q-1;+1/b9-6-;. The number of hydrogen-bond acceptors (Lipinski definition) is 0. The normalized spacial score (nSPS) is 18.1. The molecular weight excluding hydrogens is 173 g/mol. The maximum absolute atomic E-state index is 9.31. The summed E-state index contributed by atoms with van der Waals surface area (Å²) < 4.78 is 0. The van der Waals surface area contributed by atoms with Crippen LogP contribution in [0, 0.1) is 0 Å². The van der Waals surface area contributed by atoms with E-state index in [9.17, 15) is 5.41 Å². The third-order valence-corrected chi connectivity index (χ3v) is 1.59. The van der Waals surface area contributed by atoms with Gasteiger partial charge in [-0.25, -0.2) is 0 Å². The van der Waals surface area contributed by atoms with Crippen molar-refractivity contribution in [2.75, 3.05) is 0 Å². The maximum atomic E-state index is 9.31. The zero-order valence-electron chi connectivity index (χ0n) is 7.75. The van der Waals surface area contributed by atoms with Gasteiger partial charge in [-0.1, -0.05) is 43.7 Å². The van der Waals surface area contributed by atoms with E-state index >= 15 is 0 Å². The van der Waals surface area contributed by atoms with Crippen molar-refractivity contribution in [3.05, 3.63) is 41.4 Å². The van der Waals surface area contributed by atoms with Gasteiger partial charge in [0, 0.05) is 0 Å². The molecule has 0 fully saturated rings. The first-order valence-electron chi connectivity index (χ1n) is 3.95. The van der Waals surface area contributed by atoms with Gasteiger partial charge in [-0.2, -0.15) is 5.71 Å². The minimum Gasteiger partial charge on any atom is -0.803 e. The molecule has 0 spiro atoms. The molecule has 1 aliphatic carbocycles. The average molecular weight is 185 g/mol. The van der Waals surface area contributed by atoms with Crippen LogP contribution in [0.2, 0.25) is 0 Å². The van der Waals surface area contributed by atoms with Crippen molar-refractivity contribution < 1.29 is 51.4 Å². The van der Waals surface area contributed by atoms with Gasteiger partial charge in [0.05, 0.1) is 0 Å². The second-order valence-electron chi connectivity index (χ2n) is 2.55. The third-order valence-electron chi connectivity index (χ3n) is 1.59. The molecule has 58 valence electrons. The number of allylic oxidation sites excluding steroid dienone is 6. The first-order valence-corrected chi connectivity index (χ1v) is 3.95. The van der Waals surface area contributed by atoms with Crippen LogP contribution in [0.1, 0.15) is 19.8 Å². The molecule has 0 saturated heterocycles. The largest absolute Gasteiger partial charge is 1.00 e. The first-order chi connectivity index (χ1) is 5.34. The Kier molecular flexibility index (Phi) is 7.29. The summed E-state index contributed by atoms with van der Waals surface area (Å²) >= 11 is 0. The van der Waals surface area contributed by atoms with Gasteiger partial charge in [-0.3, -0.25) is 0 Å². The van der Waals surface area contributed by atoms with Crippen LogP contribution in [0.5, 0.6) is 0 Å². The summed E-state index contributed by atoms with van der Waals surface area (Å²) in [5.74, 6) is 0. The van der Waals surface area contributed by atoms with Crippen LogP contribution in [0.25, 0.3) is 5.41 Å². The molecule has 0 heterocycles. The molecule has 1 nitrogen and oxygen atoms in total. The molecule has 1 aliphatic rings. The van der Waals surface area contributed by atoms with Gasteiger partial charge in [0.2, 0.25) is 0 Å². The van der Waals surface area contributed by atoms with Crippen molar-refractivity contribution in [2.24, 2.45) is 0 Å². The number of nitrogens with zero attached hydrogens (tertiary/aromatic N) is 1. The molecule has 0 unspecified atom stereocenters. The van der Waals surface area contributed by atoms with Crippen LogP contribution < -0.4 is 51.4 Å². The zero-order chi connectivity index (χ0) is 8.10. The van der Waals surface area contributed by atoms with Gasteiger partial charge in [-0.05, 0) is 12.0 Å². The maximum Gasteiger partial charge on any atom is 1.00 e. The average Bonchev–Trinajstić information content (AvgIpc) is 2.03. The van der Waals surface area contributed by atoms with Crippen molar-refractivity contribution >= 4 is 5.71 Å². The van der Waals surface area contributed by atoms with Crippen LogP contribution in [0.15, 0.2) is 36.0 Å². The van der Waals surface area contributed by atoms with E-state index in [2.05, 4.69) is 13.0 Å². The van der Waals surface area contributed by atoms with E-state index in [-0.39, 0.29) is 51.4 Å². The van der Waals surface area contributed by atoms with E-state index < -0.39 is 0 Å². The molecule has 0 N–H and O–H groups in total. The Bertz CT molecular complexity index is 236. The Hall–Kier alpha value is 0.526. The van der Waals surface area contributed by atoms with Crippen LogP contribution in [0.4, 0.5) is 0 Å². The van der Waals surface area contributed by atoms with E-state index in [0.717, 1.165) is 18.4 Å². The Labute approximate surface area is 117 Å². The Morgan fingerprint density at radius 1 is 1.33 bits per heavy atom. The van der Waals surface area contributed by atoms with Gasteiger partial charge in [-0.15, -0.1) is 0 Å². The molecule has 0 atom stereocenters. The van der Waals surface area contributed by atoms with E-state index in [1.165, 1.54) is 0 Å². The summed E-state index contributed by atoms with van der Waals surface area (Å²) in [6, 6.07) is 0. The number of rotatable bonds is 2. The Morgan fingerprint density at radius 2 is 2.00 bits per heavy atom. The topological polar surface area (TPSA) is 22.3 Å². The minimum atomic E-state index is 0. The molecule has 2 heteroatoms. The minimum absolute atomic E-state index is 0. The van der Waals surface area contributed by atoms with Crippen LogP contribution in [-0.2, 0) is 0 Å². The van der Waals surface area contributed by atoms with Gasteiger partial charge in [0.25, 0.3) is 0 Å². The molecule has 0 bridgehead atoms. The summed E-state index contributed by atoms with van der Waals surface area (Å²) in [7, 11) is 0. The van der Waals surface area contributed by atoms with Crippen molar-refractivity contribution in [1.82, 2.24) is 0 Å². The van der Waals surface area contributed by atoms with Crippen molar-refractivity contribution in [2.45, 2.75) is 19.8 Å². The van der Waals surface area contributed by atoms with Crippen molar-refractivity contribution in [3.63, 3.8) is 0 Å². The summed E-state index contributed by atoms with van der Waals surface area (Å²) in [4.78, 5) is 0. The summed E-state index contributed by atoms with van der Waals surface area (Å²) in [6.45, 7) is 2.12. The van der Waals surface area contributed by atoms with Gasteiger partial charge in [0.1, 0.15) is 0 Å². The SMILES string of the molecule is CCC/C=C1/C=CC=CC1=[N-].[K+]. The summed E-state index contributed by atoms with van der Waals surface area (Å²) in [6.07, 6.45) is 11.6. The molecular formula is C10H12KN. The Morgan fingerprint density at radius 3 is 2.58 bits per heavy atom. The molecule has 0 amide bonds. The van der Waals surface area contributed by atoms with Gasteiger partial charge < -0.3 is 5.41 Å². The first kappa shape index (κ1) is 12.5. The molecule has 0 radical (unpaired) electrons. The smallest absolute Gasteiger partial charge is 0.803 e. The van der Waals surface area contributed by atoms with E-state index in [4.69, 9.17) is 0 Å². The quantitative estimate of drug-likeness (QED) is 0.534. The fourth-order valence-corrected chi connectivity index (χ4v) is 0.960. The van der Waals surface area contributed by atoms with E-state index in [0.29, 0.717) is 5.71 Å². The molecule has 0 aliphatic heterocycles.